The van der Waals surface area contributed by atoms with E-state index in [4.69, 9.17) is 29.7 Å². The number of ether oxygens (including phenoxy) is 1. The average molecular weight is 610 g/mol. The van der Waals surface area contributed by atoms with Gasteiger partial charge in [0.25, 0.3) is 0 Å². The molecule has 1 N–H and O–H groups in total. The van der Waals surface area contributed by atoms with Crippen molar-refractivity contribution in [3.8, 4) is 0 Å². The van der Waals surface area contributed by atoms with Crippen molar-refractivity contribution in [1.29, 1.82) is 0 Å². The molecule has 14 heteroatoms. The van der Waals surface area contributed by atoms with Crippen molar-refractivity contribution in [2.45, 2.75) is 31.7 Å². The van der Waals surface area contributed by atoms with Gasteiger partial charge in [-0.25, -0.2) is 24.9 Å². The standard InChI is InChI=1S/C32H27N13O/c1-3-11-23-21(9-1)16-17-27(35-23)44-43(32-34-19-22-10-2-4-12-24(22)37-32)31(30-38-40-41-39-30)42(29-15-7-8-18-46-29)45(44)28-20-33-25-13-5-6-14-26(25)36-28/h1-6,9-14,16-17,19-20,29,31H,7-8,15,18H2,(H,38,39,40,41). The molecule has 0 amide bonds. The largest absolute Gasteiger partial charge is 0.361 e. The smallest absolute Gasteiger partial charge is 0.248 e. The van der Waals surface area contributed by atoms with E-state index in [1.165, 1.54) is 0 Å². The Morgan fingerprint density at radius 3 is 2.24 bits per heavy atom. The van der Waals surface area contributed by atoms with Gasteiger partial charge in [0.1, 0.15) is 6.23 Å². The lowest BCUT2D eigenvalue weighted by Crippen LogP contribution is -2.53. The molecule has 2 unspecified atom stereocenters. The number of nitrogens with zero attached hydrogens (tertiary/aromatic N) is 12. The van der Waals surface area contributed by atoms with E-state index in [9.17, 15) is 0 Å². The van der Waals surface area contributed by atoms with Gasteiger partial charge in [-0.15, -0.1) is 15.2 Å². The number of hydrazine groups is 3. The summed E-state index contributed by atoms with van der Waals surface area (Å²) in [6.45, 7) is 0.609. The zero-order chi connectivity index (χ0) is 30.5. The number of tetrazole rings is 1. The Kier molecular flexibility index (Phi) is 6.31. The molecule has 0 aliphatic carbocycles. The van der Waals surface area contributed by atoms with E-state index in [-0.39, 0.29) is 6.23 Å². The van der Waals surface area contributed by atoms with Crippen LogP contribution in [-0.2, 0) is 4.74 Å². The minimum atomic E-state index is -0.704. The SMILES string of the molecule is c1ccc2nc(N3N(c4ncc5ccccc5n4)C(c4nn[nH]n4)N(C4CCCCO4)N3c3cnc4ccccc4n3)ccc2c1. The van der Waals surface area contributed by atoms with E-state index in [1.807, 2.05) is 106 Å². The molecular formula is C32H27N13O. The summed E-state index contributed by atoms with van der Waals surface area (Å²) in [6.07, 6.45) is 5.21. The van der Waals surface area contributed by atoms with Crippen LogP contribution in [0.25, 0.3) is 32.8 Å². The number of benzene rings is 3. The predicted molar refractivity (Wildman–Crippen MR) is 171 cm³/mol. The zero-order valence-electron chi connectivity index (χ0n) is 24.5. The fraction of sp³-hybridized carbons (Fsp3) is 0.188. The number of para-hydroxylation sites is 4. The molecule has 2 aliphatic heterocycles. The van der Waals surface area contributed by atoms with Gasteiger partial charge in [0.05, 0.1) is 28.3 Å². The Morgan fingerprint density at radius 1 is 0.674 bits per heavy atom. The highest BCUT2D eigenvalue weighted by molar-refractivity contribution is 5.82. The van der Waals surface area contributed by atoms with Crippen LogP contribution in [0.4, 0.5) is 17.6 Å². The normalized spacial score (nSPS) is 19.1. The maximum Gasteiger partial charge on any atom is 0.248 e. The second-order valence-electron chi connectivity index (χ2n) is 11.1. The highest BCUT2D eigenvalue weighted by Gasteiger charge is 2.54. The third-order valence-corrected chi connectivity index (χ3v) is 8.24. The Morgan fingerprint density at radius 2 is 1.43 bits per heavy atom. The van der Waals surface area contributed by atoms with E-state index in [0.29, 0.717) is 30.0 Å². The van der Waals surface area contributed by atoms with Crippen molar-refractivity contribution in [3.05, 3.63) is 103 Å². The number of hydrogen-bond donors (Lipinski definition) is 1. The molecule has 6 heterocycles. The van der Waals surface area contributed by atoms with Crippen molar-refractivity contribution in [2.75, 3.05) is 21.9 Å². The Hall–Kier alpha value is -5.86. The first-order valence-corrected chi connectivity index (χ1v) is 15.1. The highest BCUT2D eigenvalue weighted by Crippen LogP contribution is 2.44. The molecule has 9 rings (SSSR count). The molecule has 46 heavy (non-hydrogen) atoms. The molecule has 0 bridgehead atoms. The van der Waals surface area contributed by atoms with Gasteiger partial charge < -0.3 is 4.74 Å². The van der Waals surface area contributed by atoms with Gasteiger partial charge in [-0.2, -0.15) is 15.4 Å². The second-order valence-corrected chi connectivity index (χ2v) is 11.1. The van der Waals surface area contributed by atoms with Crippen molar-refractivity contribution in [2.24, 2.45) is 0 Å². The highest BCUT2D eigenvalue weighted by atomic mass is 16.5. The second kappa shape index (κ2) is 10.9. The topological polar surface area (TPSA) is 141 Å². The van der Waals surface area contributed by atoms with Gasteiger partial charge in [0, 0.05) is 23.6 Å². The third kappa shape index (κ3) is 4.42. The zero-order valence-corrected chi connectivity index (χ0v) is 24.5. The monoisotopic (exact) mass is 609 g/mol. The lowest BCUT2D eigenvalue weighted by atomic mass is 10.2. The molecule has 14 nitrogen and oxygen atoms in total. The fourth-order valence-corrected chi connectivity index (χ4v) is 6.13. The number of hydrogen-bond acceptors (Lipinski definition) is 13. The number of H-pyrrole nitrogens is 1. The number of pyridine rings is 1. The molecule has 4 aromatic heterocycles. The average Bonchev–Trinajstić information content (AvgIpc) is 3.78. The first kappa shape index (κ1) is 26.5. The van der Waals surface area contributed by atoms with Gasteiger partial charge in [0.15, 0.2) is 17.8 Å². The van der Waals surface area contributed by atoms with E-state index in [0.717, 1.165) is 52.1 Å². The van der Waals surface area contributed by atoms with E-state index < -0.39 is 6.17 Å². The molecule has 2 aliphatic rings. The number of anilines is 3. The summed E-state index contributed by atoms with van der Waals surface area (Å²) in [5, 5.41) is 25.3. The lowest BCUT2D eigenvalue weighted by Gasteiger charge is -2.38. The number of aromatic amines is 1. The number of rotatable bonds is 5. The van der Waals surface area contributed by atoms with Crippen molar-refractivity contribution < 1.29 is 4.74 Å². The molecule has 2 atom stereocenters. The van der Waals surface area contributed by atoms with E-state index in [1.54, 1.807) is 6.20 Å². The van der Waals surface area contributed by atoms with Crippen molar-refractivity contribution >= 4 is 50.4 Å². The van der Waals surface area contributed by atoms with Gasteiger partial charge >= 0.3 is 0 Å². The predicted octanol–water partition coefficient (Wildman–Crippen LogP) is 4.74. The van der Waals surface area contributed by atoms with Crippen LogP contribution in [-0.4, -0.2) is 63.4 Å². The Labute approximate surface area is 262 Å². The minimum Gasteiger partial charge on any atom is -0.361 e. The van der Waals surface area contributed by atoms with Gasteiger partial charge in [-0.1, -0.05) is 53.7 Å². The van der Waals surface area contributed by atoms with Crippen LogP contribution in [0.15, 0.2) is 97.3 Å². The molecular weight excluding hydrogens is 582 g/mol. The van der Waals surface area contributed by atoms with Crippen LogP contribution >= 0.6 is 0 Å². The Balaban J connectivity index is 1.33. The summed E-state index contributed by atoms with van der Waals surface area (Å²) in [7, 11) is 0. The molecule has 0 radical (unpaired) electrons. The van der Waals surface area contributed by atoms with E-state index in [2.05, 4.69) is 25.6 Å². The summed E-state index contributed by atoms with van der Waals surface area (Å²) in [6, 6.07) is 27.7. The summed E-state index contributed by atoms with van der Waals surface area (Å²) in [5.74, 6) is 1.94. The number of aromatic nitrogens is 9. The van der Waals surface area contributed by atoms with Crippen LogP contribution in [0.1, 0.15) is 31.3 Å². The summed E-state index contributed by atoms with van der Waals surface area (Å²) < 4.78 is 6.47. The summed E-state index contributed by atoms with van der Waals surface area (Å²) >= 11 is 0. The first-order chi connectivity index (χ1) is 22.8. The van der Waals surface area contributed by atoms with Crippen LogP contribution < -0.4 is 15.2 Å². The summed E-state index contributed by atoms with van der Waals surface area (Å²) in [4.78, 5) is 24.9. The van der Waals surface area contributed by atoms with Crippen LogP contribution in [0, 0.1) is 0 Å². The molecule has 7 aromatic rings. The quantitative estimate of drug-likeness (QED) is 0.287. The van der Waals surface area contributed by atoms with Crippen molar-refractivity contribution in [1.82, 2.24) is 50.6 Å². The molecule has 3 aromatic carbocycles. The fourth-order valence-electron chi connectivity index (χ4n) is 6.13. The number of fused-ring (bicyclic) bond motifs is 3. The maximum atomic E-state index is 6.47. The molecule has 226 valence electrons. The van der Waals surface area contributed by atoms with Crippen molar-refractivity contribution in [3.63, 3.8) is 0 Å². The molecule has 2 saturated heterocycles. The molecule has 0 spiro atoms. The molecule has 0 saturated carbocycles. The lowest BCUT2D eigenvalue weighted by molar-refractivity contribution is -0.0985. The maximum absolute atomic E-state index is 6.47. The summed E-state index contributed by atoms with van der Waals surface area (Å²) in [5.41, 5.74) is 3.14. The van der Waals surface area contributed by atoms with Crippen LogP contribution in [0.3, 0.4) is 0 Å². The minimum absolute atomic E-state index is 0.376. The van der Waals surface area contributed by atoms with E-state index >= 15 is 0 Å². The first-order valence-electron chi connectivity index (χ1n) is 15.1. The van der Waals surface area contributed by atoms with Crippen LogP contribution in [0.2, 0.25) is 0 Å². The Bertz CT molecular complexity index is 2170. The van der Waals surface area contributed by atoms with Crippen LogP contribution in [0.5, 0.6) is 0 Å². The van der Waals surface area contributed by atoms with Gasteiger partial charge in [0.2, 0.25) is 11.8 Å². The third-order valence-electron chi connectivity index (χ3n) is 8.24. The molecule has 2 fully saturated rings. The van der Waals surface area contributed by atoms with Gasteiger partial charge in [-0.3, -0.25) is 4.98 Å². The number of nitrogens with one attached hydrogen (secondary N) is 1. The van der Waals surface area contributed by atoms with Gasteiger partial charge in [-0.05, 0) is 55.7 Å².